The SMILES string of the molecule is CNS(=O)(=O)c1ccc(C)c(NC2CCNC2)c1. The van der Waals surface area contributed by atoms with E-state index in [9.17, 15) is 8.42 Å². The molecule has 1 atom stereocenters. The Morgan fingerprint density at radius 3 is 2.78 bits per heavy atom. The van der Waals surface area contributed by atoms with Gasteiger partial charge in [0.25, 0.3) is 0 Å². The lowest BCUT2D eigenvalue weighted by Gasteiger charge is -2.16. The minimum absolute atomic E-state index is 0.295. The van der Waals surface area contributed by atoms with Crippen LogP contribution >= 0.6 is 0 Å². The molecule has 0 aromatic heterocycles. The maximum atomic E-state index is 11.8. The fourth-order valence-corrected chi connectivity index (χ4v) is 2.80. The zero-order valence-electron chi connectivity index (χ0n) is 10.7. The molecule has 1 aliphatic rings. The van der Waals surface area contributed by atoms with Gasteiger partial charge in [-0.1, -0.05) is 6.07 Å². The fraction of sp³-hybridized carbons (Fsp3) is 0.500. The van der Waals surface area contributed by atoms with Crippen molar-refractivity contribution in [1.82, 2.24) is 10.0 Å². The van der Waals surface area contributed by atoms with Crippen LogP contribution < -0.4 is 15.4 Å². The van der Waals surface area contributed by atoms with E-state index in [1.165, 1.54) is 7.05 Å². The molecule has 0 saturated carbocycles. The molecule has 6 heteroatoms. The second kappa shape index (κ2) is 5.26. The molecule has 1 fully saturated rings. The molecule has 3 N–H and O–H groups in total. The Balaban J connectivity index is 2.26. The van der Waals surface area contributed by atoms with Crippen molar-refractivity contribution in [2.24, 2.45) is 0 Å². The first-order chi connectivity index (χ1) is 8.53. The number of nitrogens with one attached hydrogen (secondary N) is 3. The standard InChI is InChI=1S/C12H19N3O2S/c1-9-3-4-11(18(16,17)13-2)7-12(9)15-10-5-6-14-8-10/h3-4,7,10,13-15H,5-6,8H2,1-2H3. The van der Waals surface area contributed by atoms with E-state index in [1.54, 1.807) is 12.1 Å². The molecule has 0 spiro atoms. The van der Waals surface area contributed by atoms with Crippen LogP contribution in [0.15, 0.2) is 23.1 Å². The van der Waals surface area contributed by atoms with Gasteiger partial charge in [-0.2, -0.15) is 0 Å². The molecule has 1 aromatic rings. The van der Waals surface area contributed by atoms with Gasteiger partial charge in [0.05, 0.1) is 4.90 Å². The highest BCUT2D eigenvalue weighted by Crippen LogP contribution is 2.21. The number of hydrogen-bond donors (Lipinski definition) is 3. The number of benzene rings is 1. The second-order valence-corrected chi connectivity index (χ2v) is 6.40. The molecular weight excluding hydrogens is 250 g/mol. The monoisotopic (exact) mass is 269 g/mol. The molecule has 2 rings (SSSR count). The summed E-state index contributed by atoms with van der Waals surface area (Å²) in [5.74, 6) is 0. The van der Waals surface area contributed by atoms with Crippen molar-refractivity contribution in [3.8, 4) is 0 Å². The molecule has 18 heavy (non-hydrogen) atoms. The molecule has 1 saturated heterocycles. The van der Waals surface area contributed by atoms with Gasteiger partial charge in [0.1, 0.15) is 0 Å². The van der Waals surface area contributed by atoms with Gasteiger partial charge >= 0.3 is 0 Å². The summed E-state index contributed by atoms with van der Waals surface area (Å²) in [5.41, 5.74) is 1.94. The molecule has 1 unspecified atom stereocenters. The van der Waals surface area contributed by atoms with Crippen molar-refractivity contribution < 1.29 is 8.42 Å². The second-order valence-electron chi connectivity index (χ2n) is 4.52. The number of sulfonamides is 1. The highest BCUT2D eigenvalue weighted by atomic mass is 32.2. The van der Waals surface area contributed by atoms with E-state index >= 15 is 0 Å². The summed E-state index contributed by atoms with van der Waals surface area (Å²) >= 11 is 0. The topological polar surface area (TPSA) is 70.2 Å². The Hall–Kier alpha value is -1.11. The van der Waals surface area contributed by atoms with Crippen LogP contribution in [0.25, 0.3) is 0 Å². The highest BCUT2D eigenvalue weighted by molar-refractivity contribution is 7.89. The zero-order valence-corrected chi connectivity index (χ0v) is 11.5. The van der Waals surface area contributed by atoms with Crippen LogP contribution in [0, 0.1) is 6.92 Å². The Labute approximate surface area is 108 Å². The molecule has 0 aliphatic carbocycles. The van der Waals surface area contributed by atoms with Crippen molar-refractivity contribution in [3.63, 3.8) is 0 Å². The van der Waals surface area contributed by atoms with Gasteiger partial charge < -0.3 is 10.6 Å². The Morgan fingerprint density at radius 1 is 1.39 bits per heavy atom. The van der Waals surface area contributed by atoms with Crippen LogP contribution in [-0.4, -0.2) is 34.6 Å². The number of aryl methyl sites for hydroxylation is 1. The third-order valence-corrected chi connectivity index (χ3v) is 4.62. The van der Waals surface area contributed by atoms with Crippen LogP contribution in [0.2, 0.25) is 0 Å². The summed E-state index contributed by atoms with van der Waals surface area (Å²) in [5, 5.41) is 6.67. The van der Waals surface area contributed by atoms with Gasteiger partial charge in [-0.05, 0) is 44.6 Å². The Bertz CT molecular complexity index is 522. The minimum Gasteiger partial charge on any atom is -0.381 e. The summed E-state index contributed by atoms with van der Waals surface area (Å²) < 4.78 is 25.8. The summed E-state index contributed by atoms with van der Waals surface area (Å²) in [6.45, 7) is 3.90. The number of anilines is 1. The van der Waals surface area contributed by atoms with Gasteiger partial charge in [0.15, 0.2) is 0 Å². The van der Waals surface area contributed by atoms with Crippen molar-refractivity contribution in [3.05, 3.63) is 23.8 Å². The summed E-state index contributed by atoms with van der Waals surface area (Å²) in [7, 11) is -1.96. The third kappa shape index (κ3) is 2.82. The van der Waals surface area contributed by atoms with Crippen LogP contribution in [0.4, 0.5) is 5.69 Å². The third-order valence-electron chi connectivity index (χ3n) is 3.21. The number of hydrogen-bond acceptors (Lipinski definition) is 4. The lowest BCUT2D eigenvalue weighted by molar-refractivity contribution is 0.588. The number of rotatable bonds is 4. The average molecular weight is 269 g/mol. The van der Waals surface area contributed by atoms with Crippen molar-refractivity contribution in [1.29, 1.82) is 0 Å². The van der Waals surface area contributed by atoms with Crippen LogP contribution in [0.1, 0.15) is 12.0 Å². The lowest BCUT2D eigenvalue weighted by atomic mass is 10.1. The Kier molecular flexibility index (Phi) is 3.89. The van der Waals surface area contributed by atoms with Crippen molar-refractivity contribution in [2.45, 2.75) is 24.3 Å². The van der Waals surface area contributed by atoms with Crippen molar-refractivity contribution in [2.75, 3.05) is 25.5 Å². The molecule has 1 aliphatic heterocycles. The molecule has 5 nitrogen and oxygen atoms in total. The summed E-state index contributed by atoms with van der Waals surface area (Å²) in [6, 6.07) is 5.52. The summed E-state index contributed by atoms with van der Waals surface area (Å²) in [4.78, 5) is 0.295. The van der Waals surface area contributed by atoms with Gasteiger partial charge in [0, 0.05) is 18.3 Å². The van der Waals surface area contributed by atoms with E-state index in [-0.39, 0.29) is 0 Å². The molecular formula is C12H19N3O2S. The maximum Gasteiger partial charge on any atom is 0.240 e. The summed E-state index contributed by atoms with van der Waals surface area (Å²) in [6.07, 6.45) is 1.06. The normalized spacial score (nSPS) is 20.0. The van der Waals surface area contributed by atoms with Gasteiger partial charge in [-0.25, -0.2) is 13.1 Å². The predicted octanol–water partition coefficient (Wildman–Crippen LogP) is 0.677. The predicted molar refractivity (Wildman–Crippen MR) is 72.3 cm³/mol. The van der Waals surface area contributed by atoms with E-state index in [4.69, 9.17) is 0 Å². The first-order valence-corrected chi connectivity index (χ1v) is 7.53. The first-order valence-electron chi connectivity index (χ1n) is 6.04. The first kappa shape index (κ1) is 13.3. The van der Waals surface area contributed by atoms with E-state index < -0.39 is 10.0 Å². The maximum absolute atomic E-state index is 11.8. The molecule has 0 radical (unpaired) electrons. The van der Waals surface area contributed by atoms with E-state index in [2.05, 4.69) is 15.4 Å². The smallest absolute Gasteiger partial charge is 0.240 e. The van der Waals surface area contributed by atoms with Gasteiger partial charge in [-0.15, -0.1) is 0 Å². The van der Waals surface area contributed by atoms with Crippen LogP contribution in [0.5, 0.6) is 0 Å². The molecule has 100 valence electrons. The fourth-order valence-electron chi connectivity index (χ4n) is 2.04. The van der Waals surface area contributed by atoms with E-state index in [1.807, 2.05) is 13.0 Å². The van der Waals surface area contributed by atoms with E-state index in [0.29, 0.717) is 10.9 Å². The van der Waals surface area contributed by atoms with E-state index in [0.717, 1.165) is 30.8 Å². The Morgan fingerprint density at radius 2 is 2.17 bits per heavy atom. The largest absolute Gasteiger partial charge is 0.381 e. The molecule has 0 amide bonds. The highest BCUT2D eigenvalue weighted by Gasteiger charge is 2.17. The molecule has 0 bridgehead atoms. The minimum atomic E-state index is -3.38. The van der Waals surface area contributed by atoms with Gasteiger partial charge in [0.2, 0.25) is 10.0 Å². The van der Waals surface area contributed by atoms with Crippen LogP contribution in [-0.2, 0) is 10.0 Å². The zero-order chi connectivity index (χ0) is 13.2. The van der Waals surface area contributed by atoms with Crippen molar-refractivity contribution >= 4 is 15.7 Å². The average Bonchev–Trinajstić information content (AvgIpc) is 2.84. The quantitative estimate of drug-likeness (QED) is 0.751. The van der Waals surface area contributed by atoms with Gasteiger partial charge in [-0.3, -0.25) is 0 Å². The molecule has 1 heterocycles. The van der Waals surface area contributed by atoms with Crippen LogP contribution in [0.3, 0.4) is 0 Å². The lowest BCUT2D eigenvalue weighted by Crippen LogP contribution is -2.23. The molecule has 1 aromatic carbocycles.